The Balaban J connectivity index is 3.05. The number of halogens is 1. The number of aliphatic hydroxyl groups is 1. The van der Waals surface area contributed by atoms with Crippen LogP contribution in [0.15, 0.2) is 0 Å². The third-order valence-electron chi connectivity index (χ3n) is 4.47. The molecule has 0 aliphatic rings. The van der Waals surface area contributed by atoms with E-state index in [0.29, 0.717) is 12.8 Å². The second-order valence-corrected chi connectivity index (χ2v) is 7.07. The predicted molar refractivity (Wildman–Crippen MR) is 96.1 cm³/mol. The lowest BCUT2D eigenvalue weighted by molar-refractivity contribution is 0.136. The average Bonchev–Trinajstić information content (AvgIpc) is 2.47. The van der Waals surface area contributed by atoms with Crippen molar-refractivity contribution in [1.82, 2.24) is 0 Å². The highest BCUT2D eigenvalue weighted by molar-refractivity contribution is 4.60. The molecule has 0 aliphatic carbocycles. The van der Waals surface area contributed by atoms with E-state index in [1.54, 1.807) is 6.92 Å². The van der Waals surface area contributed by atoms with Gasteiger partial charge in [-0.05, 0) is 13.3 Å². The lowest BCUT2D eigenvalue weighted by Crippen LogP contribution is -2.10. The highest BCUT2D eigenvalue weighted by Crippen LogP contribution is 2.15. The van der Waals surface area contributed by atoms with Gasteiger partial charge in [0.25, 0.3) is 0 Å². The van der Waals surface area contributed by atoms with E-state index < -0.39 is 12.3 Å². The molecule has 0 rings (SSSR count). The molecule has 2 unspecified atom stereocenters. The Morgan fingerprint density at radius 3 is 1.41 bits per heavy atom. The van der Waals surface area contributed by atoms with Crippen molar-refractivity contribution in [3.05, 3.63) is 0 Å². The molecule has 0 bridgehead atoms. The maximum absolute atomic E-state index is 13.3. The maximum atomic E-state index is 13.3. The first-order valence-electron chi connectivity index (χ1n) is 9.99. The first-order chi connectivity index (χ1) is 10.7. The maximum Gasteiger partial charge on any atom is 0.103 e. The lowest BCUT2D eigenvalue weighted by atomic mass is 10.0. The van der Waals surface area contributed by atoms with E-state index in [1.807, 2.05) is 0 Å². The van der Waals surface area contributed by atoms with Crippen LogP contribution in [-0.4, -0.2) is 17.4 Å². The molecule has 0 spiro atoms. The van der Waals surface area contributed by atoms with E-state index in [-0.39, 0.29) is 0 Å². The van der Waals surface area contributed by atoms with Gasteiger partial charge in [0.15, 0.2) is 0 Å². The van der Waals surface area contributed by atoms with Crippen molar-refractivity contribution in [2.45, 2.75) is 129 Å². The first-order valence-corrected chi connectivity index (χ1v) is 9.99. The van der Waals surface area contributed by atoms with Gasteiger partial charge < -0.3 is 5.11 Å². The van der Waals surface area contributed by atoms with Crippen molar-refractivity contribution >= 4 is 0 Å². The SMILES string of the molecule is CCCCCCCCCCCCCCCCC(F)CC(C)O. The Kier molecular flexibility index (Phi) is 17.2. The minimum atomic E-state index is -0.808. The number of aliphatic hydroxyl groups excluding tert-OH is 1. The summed E-state index contributed by atoms with van der Waals surface area (Å²) in [6, 6.07) is 0. The molecule has 0 radical (unpaired) electrons. The highest BCUT2D eigenvalue weighted by atomic mass is 19.1. The van der Waals surface area contributed by atoms with Crippen molar-refractivity contribution in [3.63, 3.8) is 0 Å². The van der Waals surface area contributed by atoms with Crippen molar-refractivity contribution < 1.29 is 9.50 Å². The van der Waals surface area contributed by atoms with E-state index in [9.17, 15) is 4.39 Å². The van der Waals surface area contributed by atoms with Crippen LogP contribution < -0.4 is 0 Å². The molecular weight excluding hydrogens is 275 g/mol. The van der Waals surface area contributed by atoms with E-state index in [0.717, 1.165) is 12.8 Å². The molecule has 2 atom stereocenters. The van der Waals surface area contributed by atoms with Gasteiger partial charge in [0.2, 0.25) is 0 Å². The molecular formula is C20H41FO. The smallest absolute Gasteiger partial charge is 0.103 e. The van der Waals surface area contributed by atoms with Crippen LogP contribution in [0.25, 0.3) is 0 Å². The van der Waals surface area contributed by atoms with E-state index in [4.69, 9.17) is 5.11 Å². The van der Waals surface area contributed by atoms with E-state index in [1.165, 1.54) is 77.0 Å². The second-order valence-electron chi connectivity index (χ2n) is 7.07. The summed E-state index contributed by atoms with van der Waals surface area (Å²) in [5, 5.41) is 9.10. The standard InChI is InChI=1S/C20H41FO/c1-3-4-5-6-7-8-9-10-11-12-13-14-15-16-17-20(21)18-19(2)22/h19-20,22H,3-18H2,1-2H3. The van der Waals surface area contributed by atoms with Gasteiger partial charge >= 0.3 is 0 Å². The molecule has 2 heteroatoms. The molecule has 0 heterocycles. The fourth-order valence-electron chi connectivity index (χ4n) is 3.05. The van der Waals surface area contributed by atoms with Crippen LogP contribution in [0, 0.1) is 0 Å². The van der Waals surface area contributed by atoms with Gasteiger partial charge in [0.05, 0.1) is 6.10 Å². The summed E-state index contributed by atoms with van der Waals surface area (Å²) in [4.78, 5) is 0. The van der Waals surface area contributed by atoms with Crippen LogP contribution in [0.5, 0.6) is 0 Å². The Morgan fingerprint density at radius 1 is 0.682 bits per heavy atom. The van der Waals surface area contributed by atoms with Crippen molar-refractivity contribution in [2.75, 3.05) is 0 Å². The van der Waals surface area contributed by atoms with Crippen LogP contribution in [0.2, 0.25) is 0 Å². The van der Waals surface area contributed by atoms with Crippen molar-refractivity contribution in [2.24, 2.45) is 0 Å². The summed E-state index contributed by atoms with van der Waals surface area (Å²) in [6.07, 6.45) is 18.3. The van der Waals surface area contributed by atoms with Gasteiger partial charge in [-0.3, -0.25) is 0 Å². The summed E-state index contributed by atoms with van der Waals surface area (Å²) < 4.78 is 13.3. The average molecular weight is 317 g/mol. The highest BCUT2D eigenvalue weighted by Gasteiger charge is 2.09. The zero-order valence-corrected chi connectivity index (χ0v) is 15.3. The summed E-state index contributed by atoms with van der Waals surface area (Å²) >= 11 is 0. The first kappa shape index (κ1) is 21.9. The summed E-state index contributed by atoms with van der Waals surface area (Å²) in [7, 11) is 0. The largest absolute Gasteiger partial charge is 0.393 e. The molecule has 0 aliphatic heterocycles. The molecule has 1 nitrogen and oxygen atoms in total. The molecule has 0 saturated heterocycles. The molecule has 22 heavy (non-hydrogen) atoms. The third-order valence-corrected chi connectivity index (χ3v) is 4.47. The Labute approximate surface area is 139 Å². The number of unbranched alkanes of at least 4 members (excludes halogenated alkanes) is 13. The fourth-order valence-corrected chi connectivity index (χ4v) is 3.05. The fraction of sp³-hybridized carbons (Fsp3) is 1.00. The quantitative estimate of drug-likeness (QED) is 0.287. The molecule has 0 saturated carbocycles. The molecule has 0 aromatic carbocycles. The van der Waals surface area contributed by atoms with Gasteiger partial charge in [-0.25, -0.2) is 4.39 Å². The zero-order chi connectivity index (χ0) is 16.5. The molecule has 134 valence electrons. The van der Waals surface area contributed by atoms with Gasteiger partial charge in [-0.2, -0.15) is 0 Å². The summed E-state index contributed by atoms with van der Waals surface area (Å²) in [5.41, 5.74) is 0. The van der Waals surface area contributed by atoms with Crippen LogP contribution in [-0.2, 0) is 0 Å². The van der Waals surface area contributed by atoms with Crippen molar-refractivity contribution in [3.8, 4) is 0 Å². The summed E-state index contributed by atoms with van der Waals surface area (Å²) in [6.45, 7) is 3.93. The molecule has 0 amide bonds. The minimum Gasteiger partial charge on any atom is -0.393 e. The Hall–Kier alpha value is -0.110. The molecule has 1 N–H and O–H groups in total. The number of hydrogen-bond donors (Lipinski definition) is 1. The molecule has 0 aromatic rings. The van der Waals surface area contributed by atoms with E-state index >= 15 is 0 Å². The van der Waals surface area contributed by atoms with Gasteiger partial charge in [0, 0.05) is 6.42 Å². The monoisotopic (exact) mass is 316 g/mol. The predicted octanol–water partition coefficient (Wildman–Crippen LogP) is 6.97. The van der Waals surface area contributed by atoms with Crippen LogP contribution in [0.1, 0.15) is 117 Å². The number of alkyl halides is 1. The van der Waals surface area contributed by atoms with Gasteiger partial charge in [-0.15, -0.1) is 0 Å². The molecule has 0 aromatic heterocycles. The number of hydrogen-bond acceptors (Lipinski definition) is 1. The summed E-state index contributed by atoms with van der Waals surface area (Å²) in [5.74, 6) is 0. The third kappa shape index (κ3) is 17.9. The number of rotatable bonds is 17. The normalized spacial score (nSPS) is 14.2. The minimum absolute atomic E-state index is 0.304. The van der Waals surface area contributed by atoms with E-state index in [2.05, 4.69) is 6.92 Å². The zero-order valence-electron chi connectivity index (χ0n) is 15.3. The van der Waals surface area contributed by atoms with Crippen LogP contribution in [0.4, 0.5) is 4.39 Å². The Morgan fingerprint density at radius 2 is 1.05 bits per heavy atom. The lowest BCUT2D eigenvalue weighted by Gasteiger charge is -2.09. The van der Waals surface area contributed by atoms with Gasteiger partial charge in [-0.1, -0.05) is 96.8 Å². The molecule has 0 fully saturated rings. The second kappa shape index (κ2) is 17.2. The van der Waals surface area contributed by atoms with Crippen molar-refractivity contribution in [1.29, 1.82) is 0 Å². The van der Waals surface area contributed by atoms with Crippen LogP contribution in [0.3, 0.4) is 0 Å². The van der Waals surface area contributed by atoms with Gasteiger partial charge in [0.1, 0.15) is 6.17 Å². The Bertz CT molecular complexity index is 206. The topological polar surface area (TPSA) is 20.2 Å². The van der Waals surface area contributed by atoms with Crippen LogP contribution >= 0.6 is 0 Å².